The fourth-order valence-corrected chi connectivity index (χ4v) is 2.05. The number of nitrogens with one attached hydrogen (secondary N) is 1. The van der Waals surface area contributed by atoms with E-state index in [0.717, 1.165) is 13.1 Å². The van der Waals surface area contributed by atoms with Crippen molar-refractivity contribution in [2.75, 3.05) is 40.3 Å². The summed E-state index contributed by atoms with van der Waals surface area (Å²) in [4.78, 5) is 4.91. The van der Waals surface area contributed by atoms with Crippen molar-refractivity contribution in [3.8, 4) is 0 Å². The summed E-state index contributed by atoms with van der Waals surface area (Å²) >= 11 is 0. The first-order valence-electron chi connectivity index (χ1n) is 7.44. The van der Waals surface area contributed by atoms with Crippen LogP contribution in [-0.2, 0) is 0 Å². The Morgan fingerprint density at radius 3 is 2.00 bits per heavy atom. The second-order valence-electron chi connectivity index (χ2n) is 6.53. The summed E-state index contributed by atoms with van der Waals surface area (Å²) in [7, 11) is 4.30. The first-order valence-corrected chi connectivity index (χ1v) is 7.44. The van der Waals surface area contributed by atoms with Gasteiger partial charge in [-0.1, -0.05) is 13.8 Å². The first kappa shape index (κ1) is 17.9. The molecule has 0 bridgehead atoms. The quantitative estimate of drug-likeness (QED) is 0.684. The monoisotopic (exact) mass is 257 g/mol. The van der Waals surface area contributed by atoms with Crippen molar-refractivity contribution in [1.82, 2.24) is 15.1 Å². The molecule has 0 fully saturated rings. The lowest BCUT2D eigenvalue weighted by Crippen LogP contribution is -2.49. The van der Waals surface area contributed by atoms with E-state index in [9.17, 15) is 0 Å². The van der Waals surface area contributed by atoms with Crippen LogP contribution < -0.4 is 5.32 Å². The number of nitrogens with zero attached hydrogens (tertiary/aromatic N) is 2. The van der Waals surface area contributed by atoms with Gasteiger partial charge in [0.2, 0.25) is 0 Å². The smallest absolute Gasteiger partial charge is 0.0218 e. The minimum absolute atomic E-state index is 0.215. The molecule has 0 amide bonds. The summed E-state index contributed by atoms with van der Waals surface area (Å²) in [6, 6.07) is 0.657. The molecule has 0 radical (unpaired) electrons. The molecule has 3 nitrogen and oxygen atoms in total. The van der Waals surface area contributed by atoms with Crippen molar-refractivity contribution < 1.29 is 0 Å². The SMILES string of the molecule is CCCN(CCN(C)C)C(CC)CNC(C)(C)C. The predicted molar refractivity (Wildman–Crippen MR) is 82.3 cm³/mol. The maximum atomic E-state index is 3.64. The van der Waals surface area contributed by atoms with Crippen LogP contribution in [0.1, 0.15) is 47.5 Å². The molecule has 1 atom stereocenters. The molecule has 1 N–H and O–H groups in total. The third-order valence-corrected chi connectivity index (χ3v) is 3.20. The van der Waals surface area contributed by atoms with Gasteiger partial charge in [-0.3, -0.25) is 4.90 Å². The maximum absolute atomic E-state index is 3.64. The zero-order chi connectivity index (χ0) is 14.2. The second-order valence-corrected chi connectivity index (χ2v) is 6.53. The van der Waals surface area contributed by atoms with Crippen molar-refractivity contribution >= 4 is 0 Å². The third-order valence-electron chi connectivity index (χ3n) is 3.20. The average Bonchev–Trinajstić information content (AvgIpc) is 2.24. The van der Waals surface area contributed by atoms with E-state index < -0.39 is 0 Å². The zero-order valence-corrected chi connectivity index (χ0v) is 13.7. The molecular formula is C15H35N3. The molecule has 0 rings (SSSR count). The van der Waals surface area contributed by atoms with Gasteiger partial charge in [-0.2, -0.15) is 0 Å². The van der Waals surface area contributed by atoms with E-state index in [4.69, 9.17) is 0 Å². The molecule has 1 unspecified atom stereocenters. The van der Waals surface area contributed by atoms with Gasteiger partial charge in [0.1, 0.15) is 0 Å². The van der Waals surface area contributed by atoms with E-state index in [2.05, 4.69) is 63.8 Å². The molecule has 110 valence electrons. The molecule has 3 heteroatoms. The van der Waals surface area contributed by atoms with Gasteiger partial charge in [0.15, 0.2) is 0 Å². The molecule has 0 aliphatic rings. The lowest BCUT2D eigenvalue weighted by Gasteiger charge is -2.34. The Morgan fingerprint density at radius 1 is 1.00 bits per heavy atom. The van der Waals surface area contributed by atoms with Crippen LogP contribution in [0.3, 0.4) is 0 Å². The third kappa shape index (κ3) is 8.90. The Morgan fingerprint density at radius 2 is 1.61 bits per heavy atom. The minimum atomic E-state index is 0.215. The second kappa shape index (κ2) is 8.89. The van der Waals surface area contributed by atoms with Crippen molar-refractivity contribution in [3.63, 3.8) is 0 Å². The van der Waals surface area contributed by atoms with Crippen LogP contribution in [0.5, 0.6) is 0 Å². The molecule has 0 aromatic rings. The summed E-state index contributed by atoms with van der Waals surface area (Å²) in [6.07, 6.45) is 2.45. The zero-order valence-electron chi connectivity index (χ0n) is 13.7. The first-order chi connectivity index (χ1) is 8.30. The molecule has 0 spiro atoms. The largest absolute Gasteiger partial charge is 0.311 e. The number of hydrogen-bond donors (Lipinski definition) is 1. The lowest BCUT2D eigenvalue weighted by atomic mass is 10.1. The molecule has 0 aliphatic heterocycles. The van der Waals surface area contributed by atoms with Gasteiger partial charge in [-0.25, -0.2) is 0 Å². The van der Waals surface area contributed by atoms with Crippen molar-refractivity contribution in [2.24, 2.45) is 0 Å². The molecule has 18 heavy (non-hydrogen) atoms. The van der Waals surface area contributed by atoms with Crippen LogP contribution in [0.15, 0.2) is 0 Å². The van der Waals surface area contributed by atoms with Crippen LogP contribution in [0.2, 0.25) is 0 Å². The van der Waals surface area contributed by atoms with Gasteiger partial charge in [0.05, 0.1) is 0 Å². The van der Waals surface area contributed by atoms with Gasteiger partial charge in [-0.05, 0) is 54.3 Å². The van der Waals surface area contributed by atoms with E-state index in [1.165, 1.54) is 25.9 Å². The molecule has 0 aromatic carbocycles. The van der Waals surface area contributed by atoms with Gasteiger partial charge in [-0.15, -0.1) is 0 Å². The Labute approximate surface area is 115 Å². The van der Waals surface area contributed by atoms with Gasteiger partial charge >= 0.3 is 0 Å². The molecule has 0 aromatic heterocycles. The highest BCUT2D eigenvalue weighted by Crippen LogP contribution is 2.07. The van der Waals surface area contributed by atoms with E-state index in [1.54, 1.807) is 0 Å². The molecule has 0 heterocycles. The Balaban J connectivity index is 4.32. The fraction of sp³-hybridized carbons (Fsp3) is 1.00. The Bertz CT molecular complexity index is 196. The highest BCUT2D eigenvalue weighted by atomic mass is 15.2. The normalized spacial score (nSPS) is 14.5. The molecule has 0 saturated heterocycles. The van der Waals surface area contributed by atoms with Crippen molar-refractivity contribution in [2.45, 2.75) is 59.0 Å². The average molecular weight is 257 g/mol. The van der Waals surface area contributed by atoms with Crippen molar-refractivity contribution in [3.05, 3.63) is 0 Å². The summed E-state index contributed by atoms with van der Waals surface area (Å²) in [5.74, 6) is 0. The predicted octanol–water partition coefficient (Wildman–Crippen LogP) is 2.43. The summed E-state index contributed by atoms with van der Waals surface area (Å²) < 4.78 is 0. The van der Waals surface area contributed by atoms with Crippen LogP contribution >= 0.6 is 0 Å². The Kier molecular flexibility index (Phi) is 8.83. The molecular weight excluding hydrogens is 222 g/mol. The van der Waals surface area contributed by atoms with Crippen LogP contribution in [-0.4, -0.2) is 61.7 Å². The van der Waals surface area contributed by atoms with E-state index in [1.807, 2.05) is 0 Å². The highest BCUT2D eigenvalue weighted by Gasteiger charge is 2.18. The number of likely N-dealkylation sites (N-methyl/N-ethyl adjacent to an activating group) is 1. The van der Waals surface area contributed by atoms with Crippen LogP contribution in [0, 0.1) is 0 Å². The summed E-state index contributed by atoms with van der Waals surface area (Å²) in [5, 5.41) is 3.64. The van der Waals surface area contributed by atoms with Gasteiger partial charge in [0.25, 0.3) is 0 Å². The molecule has 0 aliphatic carbocycles. The number of hydrogen-bond acceptors (Lipinski definition) is 3. The summed E-state index contributed by atoms with van der Waals surface area (Å²) in [5.41, 5.74) is 0.215. The van der Waals surface area contributed by atoms with E-state index >= 15 is 0 Å². The van der Waals surface area contributed by atoms with Crippen LogP contribution in [0.4, 0.5) is 0 Å². The minimum Gasteiger partial charge on any atom is -0.311 e. The summed E-state index contributed by atoms with van der Waals surface area (Å²) in [6.45, 7) is 15.9. The lowest BCUT2D eigenvalue weighted by molar-refractivity contribution is 0.163. The van der Waals surface area contributed by atoms with E-state index in [-0.39, 0.29) is 5.54 Å². The van der Waals surface area contributed by atoms with Crippen LogP contribution in [0.25, 0.3) is 0 Å². The van der Waals surface area contributed by atoms with Gasteiger partial charge < -0.3 is 10.2 Å². The molecule has 0 saturated carbocycles. The Hall–Kier alpha value is -0.120. The highest BCUT2D eigenvalue weighted by molar-refractivity contribution is 4.78. The standard InChI is InChI=1S/C15H35N3/c1-8-10-18(12-11-17(6)7)14(9-2)13-16-15(3,4)5/h14,16H,8-13H2,1-7H3. The topological polar surface area (TPSA) is 18.5 Å². The fourth-order valence-electron chi connectivity index (χ4n) is 2.05. The van der Waals surface area contributed by atoms with Gasteiger partial charge in [0, 0.05) is 31.2 Å². The number of rotatable bonds is 9. The van der Waals surface area contributed by atoms with E-state index in [0.29, 0.717) is 6.04 Å². The van der Waals surface area contributed by atoms with Crippen molar-refractivity contribution in [1.29, 1.82) is 0 Å². The maximum Gasteiger partial charge on any atom is 0.0218 e.